The van der Waals surface area contributed by atoms with Gasteiger partial charge < -0.3 is 13.9 Å². The Morgan fingerprint density at radius 2 is 1.08 bits per heavy atom. The molecule has 50 heavy (non-hydrogen) atoms. The lowest BCUT2D eigenvalue weighted by Crippen LogP contribution is -2.31. The summed E-state index contributed by atoms with van der Waals surface area (Å²) in [4.78, 5) is 14.1. The summed E-state index contributed by atoms with van der Waals surface area (Å²) < 4.78 is 11.9. The van der Waals surface area contributed by atoms with E-state index >= 15 is 0 Å². The highest BCUT2D eigenvalue weighted by molar-refractivity contribution is 6.02. The molecule has 0 amide bonds. The number of unbranched alkanes of at least 4 members (excludes halogenated alkanes) is 8. The van der Waals surface area contributed by atoms with Crippen molar-refractivity contribution in [3.63, 3.8) is 0 Å². The zero-order valence-corrected chi connectivity index (χ0v) is 30.8. The maximum absolute atomic E-state index is 14.1. The van der Waals surface area contributed by atoms with Gasteiger partial charge in [-0.15, -0.1) is 0 Å². The molecule has 4 heteroatoms. The van der Waals surface area contributed by atoms with Crippen LogP contribution in [0.15, 0.2) is 86.0 Å². The molecule has 0 fully saturated rings. The molecule has 0 saturated heterocycles. The molecule has 1 aliphatic heterocycles. The number of benzene rings is 3. The summed E-state index contributed by atoms with van der Waals surface area (Å²) in [6.07, 6.45) is 18.5. The molecule has 0 N–H and O–H groups in total. The van der Waals surface area contributed by atoms with Crippen LogP contribution in [0.1, 0.15) is 155 Å². The summed E-state index contributed by atoms with van der Waals surface area (Å²) >= 11 is 0. The average Bonchev–Trinajstić information content (AvgIpc) is 3.77. The van der Waals surface area contributed by atoms with Crippen LogP contribution < -0.4 is 0 Å². The number of carbonyl (C=O) groups is 1. The maximum Gasteiger partial charge on any atom is 0.340 e. The van der Waals surface area contributed by atoms with E-state index < -0.39 is 5.60 Å². The molecule has 2 aromatic heterocycles. The molecular formula is C46H56N2O2. The quantitative estimate of drug-likeness (QED) is 0.0688. The van der Waals surface area contributed by atoms with Gasteiger partial charge in [0.05, 0.1) is 5.56 Å². The number of nitrogens with zero attached hydrogens (tertiary/aromatic N) is 2. The predicted octanol–water partition coefficient (Wildman–Crippen LogP) is 13.2. The SMILES string of the molecule is C=Cc1c(C2(c3c(C=C)n(C(C)CCCCCCC)c4ccccc34)OC(=O)c3ccccc32)c2ccccc2n1C(C)CCCCCCC. The lowest BCUT2D eigenvalue weighted by molar-refractivity contribution is 0.0257. The van der Waals surface area contributed by atoms with Gasteiger partial charge in [0.2, 0.25) is 0 Å². The number of rotatable bonds is 18. The summed E-state index contributed by atoms with van der Waals surface area (Å²) in [5.41, 5.74) is 6.54. The maximum atomic E-state index is 14.1. The van der Waals surface area contributed by atoms with Crippen LogP contribution in [0.2, 0.25) is 0 Å². The van der Waals surface area contributed by atoms with E-state index in [2.05, 4.69) is 105 Å². The van der Waals surface area contributed by atoms with E-state index in [4.69, 9.17) is 4.74 Å². The van der Waals surface area contributed by atoms with Gasteiger partial charge in [-0.3, -0.25) is 0 Å². The first kappa shape index (κ1) is 35.5. The third kappa shape index (κ3) is 6.16. The molecule has 5 aromatic rings. The Hall–Kier alpha value is -4.31. The number of para-hydroxylation sites is 2. The first-order chi connectivity index (χ1) is 24.4. The van der Waals surface area contributed by atoms with Crippen LogP contribution in [0.5, 0.6) is 0 Å². The van der Waals surface area contributed by atoms with Crippen molar-refractivity contribution >= 4 is 39.9 Å². The molecule has 0 radical (unpaired) electrons. The van der Waals surface area contributed by atoms with Crippen molar-refractivity contribution in [1.29, 1.82) is 0 Å². The van der Waals surface area contributed by atoms with E-state index in [-0.39, 0.29) is 18.1 Å². The highest BCUT2D eigenvalue weighted by atomic mass is 16.6. The minimum atomic E-state index is -1.21. The third-order valence-electron chi connectivity index (χ3n) is 11.1. The van der Waals surface area contributed by atoms with Crippen LogP contribution in [0.4, 0.5) is 0 Å². The predicted molar refractivity (Wildman–Crippen MR) is 212 cm³/mol. The summed E-state index contributed by atoms with van der Waals surface area (Å²) in [6, 6.07) is 25.7. The normalized spacial score (nSPS) is 16.8. The van der Waals surface area contributed by atoms with Crippen molar-refractivity contribution in [3.8, 4) is 0 Å². The Labute approximate surface area is 299 Å². The molecule has 0 saturated carbocycles. The topological polar surface area (TPSA) is 36.2 Å². The number of hydrogen-bond acceptors (Lipinski definition) is 2. The minimum Gasteiger partial charge on any atom is -0.440 e. The van der Waals surface area contributed by atoms with Gasteiger partial charge >= 0.3 is 5.97 Å². The molecule has 2 unspecified atom stereocenters. The molecule has 1 aliphatic rings. The summed E-state index contributed by atoms with van der Waals surface area (Å²) in [6.45, 7) is 18.0. The van der Waals surface area contributed by atoms with E-state index in [0.29, 0.717) is 5.56 Å². The minimum absolute atomic E-state index is 0.237. The second-order valence-corrected chi connectivity index (χ2v) is 14.4. The number of ether oxygens (including phenoxy) is 1. The molecule has 262 valence electrons. The highest BCUT2D eigenvalue weighted by Gasteiger charge is 2.54. The van der Waals surface area contributed by atoms with Gasteiger partial charge in [-0.05, 0) is 57.0 Å². The highest BCUT2D eigenvalue weighted by Crippen LogP contribution is 2.55. The van der Waals surface area contributed by atoms with Crippen molar-refractivity contribution in [2.75, 3.05) is 0 Å². The molecule has 6 rings (SSSR count). The third-order valence-corrected chi connectivity index (χ3v) is 11.1. The van der Waals surface area contributed by atoms with Crippen LogP contribution in [0.3, 0.4) is 0 Å². The number of fused-ring (bicyclic) bond motifs is 3. The van der Waals surface area contributed by atoms with Crippen LogP contribution in [0, 0.1) is 0 Å². The van der Waals surface area contributed by atoms with Crippen molar-refractivity contribution in [1.82, 2.24) is 9.13 Å². The Bertz CT molecular complexity index is 1860. The molecule has 0 bridgehead atoms. The fourth-order valence-corrected chi connectivity index (χ4v) is 8.72. The van der Waals surface area contributed by atoms with Crippen LogP contribution >= 0.6 is 0 Å². The van der Waals surface area contributed by atoms with Gasteiger partial charge in [0.25, 0.3) is 0 Å². The van der Waals surface area contributed by atoms with E-state index in [0.717, 1.165) is 62.7 Å². The van der Waals surface area contributed by atoms with E-state index in [1.54, 1.807) is 0 Å². The van der Waals surface area contributed by atoms with Crippen LogP contribution in [-0.2, 0) is 10.3 Å². The molecule has 0 spiro atoms. The van der Waals surface area contributed by atoms with E-state index in [1.165, 1.54) is 64.2 Å². The first-order valence-corrected chi connectivity index (χ1v) is 19.3. The van der Waals surface area contributed by atoms with Crippen LogP contribution in [0.25, 0.3) is 34.0 Å². The number of aromatic nitrogens is 2. The zero-order valence-electron chi connectivity index (χ0n) is 30.8. The van der Waals surface area contributed by atoms with Gasteiger partial charge in [0, 0.05) is 62.0 Å². The lowest BCUT2D eigenvalue weighted by atomic mass is 9.77. The second-order valence-electron chi connectivity index (χ2n) is 14.4. The molecule has 4 nitrogen and oxygen atoms in total. The Kier molecular flexibility index (Phi) is 11.2. The molecular weight excluding hydrogens is 613 g/mol. The molecule has 0 aliphatic carbocycles. The lowest BCUT2D eigenvalue weighted by Gasteiger charge is -2.32. The standard InChI is InChI=1S/C46H56N2O2/c1-7-11-13-15-17-25-33(5)47-39(9-3)43(36-28-20-23-31-41(36)47)46(38-30-22-19-27-35(38)45(49)50-46)44-37-29-21-24-32-42(37)48(40(44)10-4)34(6)26-18-16-14-12-8-2/h9-10,19-24,27-34H,3-4,7-8,11-18,25-26H2,1-2,5-6H3. The van der Waals surface area contributed by atoms with Gasteiger partial charge in [0.1, 0.15) is 0 Å². The second kappa shape index (κ2) is 15.7. The molecule has 2 atom stereocenters. The van der Waals surface area contributed by atoms with Crippen LogP contribution in [-0.4, -0.2) is 15.1 Å². The van der Waals surface area contributed by atoms with Crippen molar-refractivity contribution < 1.29 is 9.53 Å². The summed E-state index contributed by atoms with van der Waals surface area (Å²) in [5, 5.41) is 2.17. The van der Waals surface area contributed by atoms with E-state index in [1.807, 2.05) is 30.4 Å². The van der Waals surface area contributed by atoms with E-state index in [9.17, 15) is 4.79 Å². The van der Waals surface area contributed by atoms with Crippen molar-refractivity contribution in [3.05, 3.63) is 120 Å². The smallest absolute Gasteiger partial charge is 0.340 e. The van der Waals surface area contributed by atoms with Crippen molar-refractivity contribution in [2.45, 2.75) is 122 Å². The molecule has 3 heterocycles. The fourth-order valence-electron chi connectivity index (χ4n) is 8.72. The first-order valence-electron chi connectivity index (χ1n) is 19.3. The Morgan fingerprint density at radius 1 is 0.640 bits per heavy atom. The fraction of sp³-hybridized carbons (Fsp3) is 0.413. The number of hydrogen-bond donors (Lipinski definition) is 0. The van der Waals surface area contributed by atoms with Gasteiger partial charge in [-0.2, -0.15) is 0 Å². The summed E-state index contributed by atoms with van der Waals surface area (Å²) in [5.74, 6) is -0.299. The average molecular weight is 669 g/mol. The number of esters is 1. The Morgan fingerprint density at radius 3 is 1.56 bits per heavy atom. The van der Waals surface area contributed by atoms with Gasteiger partial charge in [-0.1, -0.05) is 146 Å². The largest absolute Gasteiger partial charge is 0.440 e. The number of carbonyl (C=O) groups excluding carboxylic acids is 1. The Balaban J connectivity index is 1.63. The zero-order chi connectivity index (χ0) is 35.3. The summed E-state index contributed by atoms with van der Waals surface area (Å²) in [7, 11) is 0. The van der Waals surface area contributed by atoms with Crippen molar-refractivity contribution in [2.24, 2.45) is 0 Å². The molecule has 3 aromatic carbocycles. The monoisotopic (exact) mass is 668 g/mol. The van der Waals surface area contributed by atoms with Gasteiger partial charge in [0.15, 0.2) is 5.60 Å². The number of cyclic esters (lactones) is 1. The van der Waals surface area contributed by atoms with Gasteiger partial charge in [-0.25, -0.2) is 4.79 Å².